The third kappa shape index (κ3) is 1.63. The van der Waals surface area contributed by atoms with Crippen LogP contribution in [0.15, 0.2) is 12.2 Å². The second-order valence-corrected chi connectivity index (χ2v) is 6.18. The molecule has 1 aliphatic carbocycles. The number of carbonyl (C=O) groups excluding carboxylic acids is 2. The highest BCUT2D eigenvalue weighted by atomic mass is 16.5. The predicted octanol–water partition coefficient (Wildman–Crippen LogP) is 0.568. The molecule has 0 aromatic rings. The molecule has 0 spiro atoms. The Balaban J connectivity index is 1.88. The minimum atomic E-state index is -0.893. The number of Topliss-reactive ketones (excluding diaryl/α,β-unsaturated/α-hetero) is 1. The van der Waals surface area contributed by atoms with Gasteiger partial charge >= 0.3 is 0 Å². The number of hydrogen-bond donors (Lipinski definition) is 2. The SMILES string of the molecule is C[C@@]12OC[C@]1(C(=O)C1C=CCCC1)NC(=O)C2CCO. The fourth-order valence-corrected chi connectivity index (χ4v) is 3.81. The van der Waals surface area contributed by atoms with E-state index in [0.29, 0.717) is 6.42 Å². The Hall–Kier alpha value is -1.20. The van der Waals surface area contributed by atoms with Crippen molar-refractivity contribution in [3.05, 3.63) is 12.2 Å². The van der Waals surface area contributed by atoms with Crippen molar-refractivity contribution in [3.8, 4) is 0 Å². The maximum Gasteiger partial charge on any atom is 0.227 e. The highest BCUT2D eigenvalue weighted by Crippen LogP contribution is 2.50. The van der Waals surface area contributed by atoms with Crippen molar-refractivity contribution >= 4 is 11.7 Å². The van der Waals surface area contributed by atoms with E-state index < -0.39 is 17.1 Å². The van der Waals surface area contributed by atoms with Crippen molar-refractivity contribution in [2.45, 2.75) is 43.7 Å². The number of fused-ring (bicyclic) bond motifs is 1. The maximum absolute atomic E-state index is 12.9. The second kappa shape index (κ2) is 4.67. The average molecular weight is 279 g/mol. The molecule has 3 rings (SSSR count). The molecule has 0 aromatic carbocycles. The van der Waals surface area contributed by atoms with E-state index in [2.05, 4.69) is 5.32 Å². The van der Waals surface area contributed by atoms with E-state index in [-0.39, 0.29) is 30.8 Å². The second-order valence-electron chi connectivity index (χ2n) is 6.18. The van der Waals surface area contributed by atoms with Crippen molar-refractivity contribution in [3.63, 3.8) is 0 Å². The first kappa shape index (κ1) is 13.8. The Kier molecular flexibility index (Phi) is 3.21. The molecule has 0 bridgehead atoms. The quantitative estimate of drug-likeness (QED) is 0.738. The lowest BCUT2D eigenvalue weighted by Gasteiger charge is -2.53. The van der Waals surface area contributed by atoms with Crippen molar-refractivity contribution in [1.82, 2.24) is 5.32 Å². The van der Waals surface area contributed by atoms with Crippen molar-refractivity contribution < 1.29 is 19.4 Å². The van der Waals surface area contributed by atoms with Gasteiger partial charge in [0.05, 0.1) is 12.5 Å². The van der Waals surface area contributed by atoms with E-state index in [4.69, 9.17) is 9.84 Å². The highest BCUT2D eigenvalue weighted by Gasteiger charge is 2.72. The van der Waals surface area contributed by atoms with Crippen LogP contribution in [0.2, 0.25) is 0 Å². The first-order valence-electron chi connectivity index (χ1n) is 7.33. The van der Waals surface area contributed by atoms with E-state index in [0.717, 1.165) is 19.3 Å². The molecule has 2 heterocycles. The van der Waals surface area contributed by atoms with Gasteiger partial charge in [0, 0.05) is 12.5 Å². The van der Waals surface area contributed by atoms with Crippen LogP contribution in [0.1, 0.15) is 32.6 Å². The summed E-state index contributed by atoms with van der Waals surface area (Å²) in [6.07, 6.45) is 7.20. The average Bonchev–Trinajstić information content (AvgIpc) is 2.61. The number of hydrogen-bond acceptors (Lipinski definition) is 4. The van der Waals surface area contributed by atoms with Gasteiger partial charge in [0.15, 0.2) is 11.3 Å². The number of carbonyl (C=O) groups is 2. The Labute approximate surface area is 118 Å². The summed E-state index contributed by atoms with van der Waals surface area (Å²) >= 11 is 0. The monoisotopic (exact) mass is 279 g/mol. The molecule has 5 heteroatoms. The summed E-state index contributed by atoms with van der Waals surface area (Å²) in [5.74, 6) is -0.680. The van der Waals surface area contributed by atoms with Gasteiger partial charge in [0.2, 0.25) is 5.91 Å². The molecule has 0 saturated carbocycles. The summed E-state index contributed by atoms with van der Waals surface area (Å²) in [5, 5.41) is 12.0. The number of allylic oxidation sites excluding steroid dienone is 2. The molecule has 20 heavy (non-hydrogen) atoms. The minimum absolute atomic E-state index is 0.0657. The van der Waals surface area contributed by atoms with E-state index in [9.17, 15) is 9.59 Å². The maximum atomic E-state index is 12.9. The van der Waals surface area contributed by atoms with Gasteiger partial charge in [-0.25, -0.2) is 0 Å². The number of aliphatic hydroxyl groups is 1. The third-order valence-corrected chi connectivity index (χ3v) is 5.18. The molecule has 2 unspecified atom stereocenters. The standard InChI is InChI=1S/C15H21NO4/c1-14-11(7-8-17)13(19)16-15(14,9-20-14)12(18)10-5-3-2-4-6-10/h3,5,10-11,17H,2,4,6-9H2,1H3,(H,16,19)/t10?,11?,14-,15+/m0/s1. The van der Waals surface area contributed by atoms with Gasteiger partial charge < -0.3 is 15.2 Å². The smallest absolute Gasteiger partial charge is 0.227 e. The number of ketones is 1. The molecule has 5 nitrogen and oxygen atoms in total. The van der Waals surface area contributed by atoms with Crippen LogP contribution in [0.3, 0.4) is 0 Å². The fraction of sp³-hybridized carbons (Fsp3) is 0.733. The molecule has 1 amide bonds. The summed E-state index contributed by atoms with van der Waals surface area (Å²) in [6.45, 7) is 1.99. The van der Waals surface area contributed by atoms with E-state index in [1.165, 1.54) is 0 Å². The lowest BCUT2D eigenvalue weighted by Crippen LogP contribution is -2.75. The van der Waals surface area contributed by atoms with E-state index >= 15 is 0 Å². The number of ether oxygens (including phenoxy) is 1. The van der Waals surface area contributed by atoms with E-state index in [1.54, 1.807) is 0 Å². The van der Waals surface area contributed by atoms with Crippen molar-refractivity contribution in [1.29, 1.82) is 0 Å². The molecular weight excluding hydrogens is 258 g/mol. The van der Waals surface area contributed by atoms with Gasteiger partial charge in [0.25, 0.3) is 0 Å². The van der Waals surface area contributed by atoms with Gasteiger partial charge in [-0.1, -0.05) is 12.2 Å². The van der Waals surface area contributed by atoms with Crippen molar-refractivity contribution in [2.24, 2.45) is 11.8 Å². The minimum Gasteiger partial charge on any atom is -0.396 e. The Morgan fingerprint density at radius 3 is 2.95 bits per heavy atom. The first-order valence-corrected chi connectivity index (χ1v) is 7.33. The summed E-state index contributed by atoms with van der Waals surface area (Å²) in [7, 11) is 0. The van der Waals surface area contributed by atoms with Crippen LogP contribution in [0.4, 0.5) is 0 Å². The third-order valence-electron chi connectivity index (χ3n) is 5.18. The fourth-order valence-electron chi connectivity index (χ4n) is 3.81. The van der Waals surface area contributed by atoms with Gasteiger partial charge in [-0.3, -0.25) is 9.59 Å². The number of amides is 1. The van der Waals surface area contributed by atoms with E-state index in [1.807, 2.05) is 19.1 Å². The van der Waals surface area contributed by atoms with Crippen LogP contribution in [0.25, 0.3) is 0 Å². The van der Waals surface area contributed by atoms with Gasteiger partial charge in [-0.15, -0.1) is 0 Å². The Bertz CT molecular complexity index is 474. The van der Waals surface area contributed by atoms with Gasteiger partial charge in [0.1, 0.15) is 5.60 Å². The molecule has 2 saturated heterocycles. The predicted molar refractivity (Wildman–Crippen MR) is 71.9 cm³/mol. The lowest BCUT2D eigenvalue weighted by molar-refractivity contribution is -0.218. The highest BCUT2D eigenvalue weighted by molar-refractivity contribution is 6.02. The van der Waals surface area contributed by atoms with Gasteiger partial charge in [-0.05, 0) is 32.6 Å². The zero-order chi connectivity index (χ0) is 14.4. The van der Waals surface area contributed by atoms with Crippen LogP contribution in [-0.4, -0.2) is 41.2 Å². The summed E-state index contributed by atoms with van der Waals surface area (Å²) in [6, 6.07) is 0. The van der Waals surface area contributed by atoms with Gasteiger partial charge in [-0.2, -0.15) is 0 Å². The number of aliphatic hydroxyl groups excluding tert-OH is 1. The van der Waals surface area contributed by atoms with Crippen molar-refractivity contribution in [2.75, 3.05) is 13.2 Å². The lowest BCUT2D eigenvalue weighted by atomic mass is 9.66. The zero-order valence-electron chi connectivity index (χ0n) is 11.7. The summed E-state index contributed by atoms with van der Waals surface area (Å²) in [5.41, 5.74) is -1.70. The number of nitrogens with one attached hydrogen (secondary N) is 1. The first-order chi connectivity index (χ1) is 9.55. The molecule has 0 aromatic heterocycles. The summed E-state index contributed by atoms with van der Waals surface area (Å²) in [4.78, 5) is 25.0. The molecule has 3 aliphatic rings. The van der Waals surface area contributed by atoms with Crippen LogP contribution >= 0.6 is 0 Å². The van der Waals surface area contributed by atoms with Crippen LogP contribution in [-0.2, 0) is 14.3 Å². The van der Waals surface area contributed by atoms with Crippen LogP contribution < -0.4 is 5.32 Å². The molecule has 2 aliphatic heterocycles. The zero-order valence-corrected chi connectivity index (χ0v) is 11.7. The topological polar surface area (TPSA) is 75.6 Å². The Morgan fingerprint density at radius 2 is 2.40 bits per heavy atom. The molecule has 2 N–H and O–H groups in total. The molecule has 4 atom stereocenters. The van der Waals surface area contributed by atoms with Crippen LogP contribution in [0, 0.1) is 11.8 Å². The normalized spacial score (nSPS) is 42.8. The molecule has 0 radical (unpaired) electrons. The summed E-state index contributed by atoms with van der Waals surface area (Å²) < 4.78 is 5.65. The molecule has 2 fully saturated rings. The number of rotatable bonds is 4. The molecule has 110 valence electrons. The van der Waals surface area contributed by atoms with Crippen LogP contribution in [0.5, 0.6) is 0 Å². The molecular formula is C15H21NO4. The largest absolute Gasteiger partial charge is 0.396 e. The Morgan fingerprint density at radius 1 is 1.60 bits per heavy atom.